The third-order valence-electron chi connectivity index (χ3n) is 7.39. The minimum Gasteiger partial charge on any atom is -0.321 e. The van der Waals surface area contributed by atoms with Crippen LogP contribution in [0.5, 0.6) is 0 Å². The first kappa shape index (κ1) is 35.9. The molecule has 1 aromatic heterocycles. The number of amides is 3. The molecule has 0 radical (unpaired) electrons. The number of halogens is 3. The van der Waals surface area contributed by atoms with Crippen molar-refractivity contribution < 1.29 is 14.4 Å². The number of thiazole rings is 1. The number of carbonyl (C=O) groups excluding carboxylic acids is 3. The zero-order valence-electron chi connectivity index (χ0n) is 26.5. The lowest BCUT2D eigenvalue weighted by Crippen LogP contribution is -2.30. The van der Waals surface area contributed by atoms with Crippen molar-refractivity contribution in [3.8, 4) is 11.3 Å². The van der Waals surface area contributed by atoms with E-state index in [9.17, 15) is 14.4 Å². The Hall–Kier alpha value is -4.90. The Morgan fingerprint density at radius 2 is 1.43 bits per heavy atom. The Bertz CT molecular complexity index is 2200. The fraction of sp³-hybridized carbons (Fsp3) is 0.0256. The summed E-state index contributed by atoms with van der Waals surface area (Å²) in [5, 5.41) is 11.5. The SMILES string of the molecule is O=C(Nc1ccc(SC(C(=O)Nc2nc(-c3ccc(Cl)cc3)cs2)c2ccccc2)cc1)/C(=C/c1cccc(Cl)c1Cl)NC(=O)c1ccccc1. The summed E-state index contributed by atoms with van der Waals surface area (Å²) in [6.07, 6.45) is 1.47. The fourth-order valence-corrected chi connectivity index (χ4v) is 7.07. The molecule has 0 aliphatic heterocycles. The lowest BCUT2D eigenvalue weighted by molar-refractivity contribution is -0.116. The van der Waals surface area contributed by atoms with E-state index in [4.69, 9.17) is 34.8 Å². The molecular formula is C39H27Cl3N4O3S2. The van der Waals surface area contributed by atoms with Crippen molar-refractivity contribution in [2.24, 2.45) is 0 Å². The first-order chi connectivity index (χ1) is 24.7. The summed E-state index contributed by atoms with van der Waals surface area (Å²) in [5.74, 6) is -1.27. The molecule has 0 bridgehead atoms. The van der Waals surface area contributed by atoms with Crippen LogP contribution in [0.25, 0.3) is 17.3 Å². The first-order valence-corrected chi connectivity index (χ1v) is 18.3. The van der Waals surface area contributed by atoms with Crippen LogP contribution in [0.15, 0.2) is 143 Å². The van der Waals surface area contributed by atoms with Crippen molar-refractivity contribution in [3.63, 3.8) is 0 Å². The zero-order chi connectivity index (χ0) is 35.7. The first-order valence-electron chi connectivity index (χ1n) is 15.4. The molecule has 0 aliphatic rings. The molecule has 51 heavy (non-hydrogen) atoms. The monoisotopic (exact) mass is 768 g/mol. The van der Waals surface area contributed by atoms with Crippen molar-refractivity contribution in [1.82, 2.24) is 10.3 Å². The lowest BCUT2D eigenvalue weighted by Gasteiger charge is -2.17. The number of carbonyl (C=O) groups is 3. The third-order valence-corrected chi connectivity index (χ3v) is 10.5. The minimum atomic E-state index is -0.597. The lowest BCUT2D eigenvalue weighted by atomic mass is 10.1. The third kappa shape index (κ3) is 9.46. The van der Waals surface area contributed by atoms with Crippen LogP contribution < -0.4 is 16.0 Å². The summed E-state index contributed by atoms with van der Waals surface area (Å²) in [4.78, 5) is 45.7. The van der Waals surface area contributed by atoms with Gasteiger partial charge in [-0.3, -0.25) is 14.4 Å². The standard InChI is InChI=1S/C39H27Cl3N4O3S2/c40-28-16-14-24(15-17-28)33-23-50-39(45-33)46-38(49)35(25-8-3-1-4-9-25)51-30-20-18-29(19-21-30)43-37(48)32(22-27-12-7-13-31(41)34(27)42)44-36(47)26-10-5-2-6-11-26/h1-23,35H,(H,43,48)(H,44,47)(H,45,46,49)/b32-22-. The molecule has 6 aromatic rings. The molecule has 1 atom stereocenters. The maximum atomic E-state index is 13.7. The van der Waals surface area contributed by atoms with Crippen molar-refractivity contribution in [2.45, 2.75) is 10.1 Å². The molecule has 0 saturated heterocycles. The highest BCUT2D eigenvalue weighted by Gasteiger charge is 2.24. The molecule has 3 amide bonds. The zero-order valence-corrected chi connectivity index (χ0v) is 30.4. The van der Waals surface area contributed by atoms with E-state index in [1.54, 1.807) is 72.8 Å². The van der Waals surface area contributed by atoms with E-state index < -0.39 is 17.1 Å². The maximum Gasteiger partial charge on any atom is 0.272 e. The van der Waals surface area contributed by atoms with E-state index in [1.807, 2.05) is 60.0 Å². The molecule has 5 aromatic carbocycles. The number of hydrogen-bond acceptors (Lipinski definition) is 6. The van der Waals surface area contributed by atoms with E-state index in [0.29, 0.717) is 32.0 Å². The minimum absolute atomic E-state index is 0.0336. The van der Waals surface area contributed by atoms with Gasteiger partial charge in [0.1, 0.15) is 10.9 Å². The summed E-state index contributed by atoms with van der Waals surface area (Å²) in [6.45, 7) is 0. The van der Waals surface area contributed by atoms with Gasteiger partial charge in [0.15, 0.2) is 5.13 Å². The molecule has 7 nitrogen and oxygen atoms in total. The van der Waals surface area contributed by atoms with Crippen LogP contribution in [-0.2, 0) is 9.59 Å². The van der Waals surface area contributed by atoms with Gasteiger partial charge in [0, 0.05) is 32.1 Å². The number of benzene rings is 5. The highest BCUT2D eigenvalue weighted by atomic mass is 35.5. The van der Waals surface area contributed by atoms with Gasteiger partial charge in [-0.25, -0.2) is 4.98 Å². The number of nitrogens with zero attached hydrogens (tertiary/aromatic N) is 1. The number of hydrogen-bond donors (Lipinski definition) is 3. The highest BCUT2D eigenvalue weighted by Crippen LogP contribution is 2.37. The summed E-state index contributed by atoms with van der Waals surface area (Å²) in [7, 11) is 0. The van der Waals surface area contributed by atoms with Gasteiger partial charge in [0.25, 0.3) is 11.8 Å². The highest BCUT2D eigenvalue weighted by molar-refractivity contribution is 8.00. The average molecular weight is 770 g/mol. The van der Waals surface area contributed by atoms with E-state index >= 15 is 0 Å². The van der Waals surface area contributed by atoms with Gasteiger partial charge >= 0.3 is 0 Å². The Morgan fingerprint density at radius 1 is 0.745 bits per heavy atom. The quantitative estimate of drug-likeness (QED) is 0.0900. The Balaban J connectivity index is 1.18. The summed E-state index contributed by atoms with van der Waals surface area (Å²) >= 11 is 21.3. The molecule has 0 fully saturated rings. The van der Waals surface area contributed by atoms with Crippen LogP contribution in [0, 0.1) is 0 Å². The van der Waals surface area contributed by atoms with E-state index in [-0.39, 0.29) is 16.6 Å². The van der Waals surface area contributed by atoms with Crippen molar-refractivity contribution >= 4 is 92.5 Å². The van der Waals surface area contributed by atoms with Crippen LogP contribution in [0.1, 0.15) is 26.7 Å². The average Bonchev–Trinajstić information content (AvgIpc) is 3.62. The molecule has 0 saturated carbocycles. The van der Waals surface area contributed by atoms with Crippen molar-refractivity contribution in [1.29, 1.82) is 0 Å². The number of aromatic nitrogens is 1. The molecule has 3 N–H and O–H groups in total. The largest absolute Gasteiger partial charge is 0.321 e. The number of nitrogens with one attached hydrogen (secondary N) is 3. The van der Waals surface area contributed by atoms with E-state index in [2.05, 4.69) is 20.9 Å². The normalized spacial score (nSPS) is 11.8. The summed E-state index contributed by atoms with van der Waals surface area (Å²) in [6, 6.07) is 37.4. The Kier molecular flexibility index (Phi) is 11.9. The van der Waals surface area contributed by atoms with Gasteiger partial charge in [-0.05, 0) is 71.8 Å². The van der Waals surface area contributed by atoms with E-state index in [1.165, 1.54) is 29.2 Å². The van der Waals surface area contributed by atoms with Crippen molar-refractivity contribution in [2.75, 3.05) is 10.6 Å². The molecule has 0 aliphatic carbocycles. The van der Waals surface area contributed by atoms with Gasteiger partial charge in [-0.15, -0.1) is 23.1 Å². The molecule has 1 unspecified atom stereocenters. The summed E-state index contributed by atoms with van der Waals surface area (Å²) < 4.78 is 0. The maximum absolute atomic E-state index is 13.7. The summed E-state index contributed by atoms with van der Waals surface area (Å²) in [5.41, 5.74) is 3.72. The van der Waals surface area contributed by atoms with Crippen LogP contribution >= 0.6 is 57.9 Å². The van der Waals surface area contributed by atoms with Crippen LogP contribution in [0.2, 0.25) is 15.1 Å². The topological polar surface area (TPSA) is 100 Å². The molecular weight excluding hydrogens is 743 g/mol. The predicted octanol–water partition coefficient (Wildman–Crippen LogP) is 10.7. The molecule has 0 spiro atoms. The second-order valence-corrected chi connectivity index (χ2v) is 14.2. The van der Waals surface area contributed by atoms with Gasteiger partial charge in [0.2, 0.25) is 5.91 Å². The second kappa shape index (κ2) is 16.9. The van der Waals surface area contributed by atoms with Gasteiger partial charge in [-0.2, -0.15) is 0 Å². The number of anilines is 2. The van der Waals surface area contributed by atoms with Crippen LogP contribution in [0.3, 0.4) is 0 Å². The smallest absolute Gasteiger partial charge is 0.272 e. The second-order valence-electron chi connectivity index (χ2n) is 10.9. The van der Waals surface area contributed by atoms with E-state index in [0.717, 1.165) is 21.7 Å². The molecule has 6 rings (SSSR count). The van der Waals surface area contributed by atoms with Crippen LogP contribution in [-0.4, -0.2) is 22.7 Å². The fourth-order valence-electron chi connectivity index (χ4n) is 4.84. The number of thioether (sulfide) groups is 1. The predicted molar refractivity (Wildman–Crippen MR) is 210 cm³/mol. The van der Waals surface area contributed by atoms with Gasteiger partial charge < -0.3 is 16.0 Å². The Labute approximate surface area is 317 Å². The number of rotatable bonds is 11. The van der Waals surface area contributed by atoms with Gasteiger partial charge in [0.05, 0.1) is 15.7 Å². The van der Waals surface area contributed by atoms with Gasteiger partial charge in [-0.1, -0.05) is 108 Å². The Morgan fingerprint density at radius 3 is 2.14 bits per heavy atom. The van der Waals surface area contributed by atoms with Crippen molar-refractivity contribution in [3.05, 3.63) is 170 Å². The molecule has 12 heteroatoms. The molecule has 1 heterocycles. The van der Waals surface area contributed by atoms with Crippen LogP contribution in [0.4, 0.5) is 10.8 Å². The molecule has 254 valence electrons.